The fraction of sp³-hybridized carbons (Fsp3) is 0.417. The molecule has 4 rings (SSSR count). The van der Waals surface area contributed by atoms with Crippen LogP contribution in [0.5, 0.6) is 0 Å². The lowest BCUT2D eigenvalue weighted by atomic mass is 9.82. The minimum Gasteiger partial charge on any atom is -0.312 e. The van der Waals surface area contributed by atoms with Gasteiger partial charge in [0.1, 0.15) is 5.69 Å². The molecular formula is C24H29ClN4. The molecular weight excluding hydrogens is 380 g/mol. The fourth-order valence-electron chi connectivity index (χ4n) is 4.47. The molecule has 1 saturated carbocycles. The molecule has 152 valence electrons. The van der Waals surface area contributed by atoms with E-state index in [1.807, 2.05) is 36.7 Å². The number of rotatable bonds is 6. The molecule has 2 aromatic heterocycles. The van der Waals surface area contributed by atoms with Crippen LogP contribution >= 0.6 is 11.6 Å². The topological polar surface area (TPSA) is 53.6 Å². The molecule has 0 saturated heterocycles. The zero-order valence-corrected chi connectivity index (χ0v) is 17.9. The van der Waals surface area contributed by atoms with Crippen LogP contribution in [0, 0.1) is 5.92 Å². The number of hydrogen-bond acceptors (Lipinski definition) is 3. The Morgan fingerprint density at radius 2 is 1.69 bits per heavy atom. The molecule has 1 aromatic carbocycles. The third-order valence-electron chi connectivity index (χ3n) is 5.84. The number of H-pyrrole nitrogens is 1. The van der Waals surface area contributed by atoms with E-state index in [9.17, 15) is 0 Å². The van der Waals surface area contributed by atoms with Crippen molar-refractivity contribution < 1.29 is 0 Å². The Morgan fingerprint density at radius 1 is 1.00 bits per heavy atom. The quantitative estimate of drug-likeness (QED) is 0.534. The van der Waals surface area contributed by atoms with E-state index in [2.05, 4.69) is 41.4 Å². The van der Waals surface area contributed by atoms with Crippen LogP contribution in [-0.2, 0) is 6.42 Å². The molecule has 1 aliphatic carbocycles. The number of benzene rings is 1. The number of halogens is 1. The van der Waals surface area contributed by atoms with Gasteiger partial charge in [-0.3, -0.25) is 10.1 Å². The van der Waals surface area contributed by atoms with Crippen molar-refractivity contribution in [2.75, 3.05) is 0 Å². The van der Waals surface area contributed by atoms with Crippen molar-refractivity contribution in [1.29, 1.82) is 0 Å². The van der Waals surface area contributed by atoms with E-state index in [0.717, 1.165) is 28.3 Å². The van der Waals surface area contributed by atoms with E-state index in [4.69, 9.17) is 16.7 Å². The van der Waals surface area contributed by atoms with Crippen LogP contribution in [0.25, 0.3) is 22.4 Å². The predicted molar refractivity (Wildman–Crippen MR) is 120 cm³/mol. The lowest BCUT2D eigenvalue weighted by molar-refractivity contribution is 0.278. The van der Waals surface area contributed by atoms with Crippen LogP contribution in [0.3, 0.4) is 0 Å². The van der Waals surface area contributed by atoms with Crippen molar-refractivity contribution in [2.45, 2.75) is 58.0 Å². The van der Waals surface area contributed by atoms with Crippen molar-refractivity contribution in [2.24, 2.45) is 5.92 Å². The predicted octanol–water partition coefficient (Wildman–Crippen LogP) is 5.89. The molecule has 0 unspecified atom stereocenters. The number of nitrogens with zero attached hydrogens (tertiary/aromatic N) is 2. The van der Waals surface area contributed by atoms with Crippen molar-refractivity contribution in [3.8, 4) is 22.4 Å². The SMILES string of the molecule is CC(C)NC1CCC(Cc2[nH]nc(-c3ccc(Cl)cc3)c2-c2ccncc2)CC1. The minimum atomic E-state index is 0.560. The Balaban J connectivity index is 1.58. The van der Waals surface area contributed by atoms with Crippen LogP contribution < -0.4 is 5.32 Å². The summed E-state index contributed by atoms with van der Waals surface area (Å²) in [6.45, 7) is 4.46. The van der Waals surface area contributed by atoms with Gasteiger partial charge in [-0.1, -0.05) is 37.6 Å². The zero-order valence-electron chi connectivity index (χ0n) is 17.2. The van der Waals surface area contributed by atoms with Crippen molar-refractivity contribution in [3.63, 3.8) is 0 Å². The van der Waals surface area contributed by atoms with Gasteiger partial charge in [-0.2, -0.15) is 5.10 Å². The molecule has 29 heavy (non-hydrogen) atoms. The molecule has 0 bridgehead atoms. The molecule has 1 fully saturated rings. The smallest absolute Gasteiger partial charge is 0.100 e. The number of aromatic nitrogens is 3. The highest BCUT2D eigenvalue weighted by Crippen LogP contribution is 2.36. The highest BCUT2D eigenvalue weighted by molar-refractivity contribution is 6.30. The Morgan fingerprint density at radius 3 is 2.34 bits per heavy atom. The normalized spacial score (nSPS) is 19.6. The first-order valence-corrected chi connectivity index (χ1v) is 11.0. The Kier molecular flexibility index (Phi) is 6.31. The first kappa shape index (κ1) is 20.1. The van der Waals surface area contributed by atoms with Gasteiger partial charge in [-0.05, 0) is 67.9 Å². The van der Waals surface area contributed by atoms with E-state index < -0.39 is 0 Å². The van der Waals surface area contributed by atoms with Gasteiger partial charge >= 0.3 is 0 Å². The van der Waals surface area contributed by atoms with Gasteiger partial charge in [-0.25, -0.2) is 0 Å². The molecule has 3 aromatic rings. The van der Waals surface area contributed by atoms with Crippen LogP contribution in [0.2, 0.25) is 5.02 Å². The third kappa shape index (κ3) is 4.88. The largest absolute Gasteiger partial charge is 0.312 e. The highest BCUT2D eigenvalue weighted by atomic mass is 35.5. The number of nitrogens with one attached hydrogen (secondary N) is 2. The van der Waals surface area contributed by atoms with E-state index in [0.29, 0.717) is 18.0 Å². The summed E-state index contributed by atoms with van der Waals surface area (Å²) in [5, 5.41) is 12.5. The molecule has 0 amide bonds. The first-order chi connectivity index (χ1) is 14.1. The average molecular weight is 409 g/mol. The summed E-state index contributed by atoms with van der Waals surface area (Å²) < 4.78 is 0. The van der Waals surface area contributed by atoms with Crippen LogP contribution in [-0.4, -0.2) is 27.3 Å². The Hall–Kier alpha value is -2.17. The molecule has 1 aliphatic rings. The maximum atomic E-state index is 6.09. The highest BCUT2D eigenvalue weighted by Gasteiger charge is 2.25. The second-order valence-corrected chi connectivity index (χ2v) is 8.85. The summed E-state index contributed by atoms with van der Waals surface area (Å²) >= 11 is 6.09. The summed E-state index contributed by atoms with van der Waals surface area (Å²) in [7, 11) is 0. The Labute approximate surface area is 178 Å². The average Bonchev–Trinajstić information content (AvgIpc) is 3.14. The van der Waals surface area contributed by atoms with Gasteiger partial charge in [0, 0.05) is 46.3 Å². The summed E-state index contributed by atoms with van der Waals surface area (Å²) in [5.74, 6) is 0.694. The monoisotopic (exact) mass is 408 g/mol. The third-order valence-corrected chi connectivity index (χ3v) is 6.09. The second kappa shape index (κ2) is 9.10. The van der Waals surface area contributed by atoms with Gasteiger partial charge in [0.15, 0.2) is 0 Å². The number of pyridine rings is 1. The van der Waals surface area contributed by atoms with Gasteiger partial charge in [-0.15, -0.1) is 0 Å². The van der Waals surface area contributed by atoms with E-state index in [1.165, 1.54) is 36.9 Å². The lowest BCUT2D eigenvalue weighted by Gasteiger charge is -2.30. The molecule has 2 heterocycles. The zero-order chi connectivity index (χ0) is 20.2. The van der Waals surface area contributed by atoms with Gasteiger partial charge < -0.3 is 5.32 Å². The molecule has 0 atom stereocenters. The van der Waals surface area contributed by atoms with Gasteiger partial charge in [0.25, 0.3) is 0 Å². The van der Waals surface area contributed by atoms with Crippen LogP contribution in [0.1, 0.15) is 45.2 Å². The summed E-state index contributed by atoms with van der Waals surface area (Å²) in [6, 6.07) is 13.3. The Bertz CT molecular complexity index is 910. The van der Waals surface area contributed by atoms with Gasteiger partial charge in [0.05, 0.1) is 0 Å². The van der Waals surface area contributed by atoms with Crippen molar-refractivity contribution in [3.05, 3.63) is 59.5 Å². The number of hydrogen-bond donors (Lipinski definition) is 2. The second-order valence-electron chi connectivity index (χ2n) is 8.41. The molecule has 0 spiro atoms. The summed E-state index contributed by atoms with van der Waals surface area (Å²) in [6.07, 6.45) is 9.76. The molecule has 0 radical (unpaired) electrons. The summed E-state index contributed by atoms with van der Waals surface area (Å²) in [4.78, 5) is 4.19. The summed E-state index contributed by atoms with van der Waals surface area (Å²) in [5.41, 5.74) is 5.63. The van der Waals surface area contributed by atoms with E-state index >= 15 is 0 Å². The molecule has 5 heteroatoms. The van der Waals surface area contributed by atoms with Crippen LogP contribution in [0.4, 0.5) is 0 Å². The molecule has 4 nitrogen and oxygen atoms in total. The standard InChI is InChI=1S/C24H29ClN4/c1-16(2)27-21-9-3-17(4-10-21)15-22-23(18-11-13-26-14-12-18)24(29-28-22)19-5-7-20(25)8-6-19/h5-8,11-14,16-17,21,27H,3-4,9-10,15H2,1-2H3,(H,28,29). The lowest BCUT2D eigenvalue weighted by Crippen LogP contribution is -2.37. The maximum absolute atomic E-state index is 6.09. The first-order valence-electron chi connectivity index (χ1n) is 10.6. The van der Waals surface area contributed by atoms with Crippen LogP contribution in [0.15, 0.2) is 48.8 Å². The molecule has 2 N–H and O–H groups in total. The van der Waals surface area contributed by atoms with Crippen molar-refractivity contribution in [1.82, 2.24) is 20.5 Å². The fourth-order valence-corrected chi connectivity index (χ4v) is 4.59. The van der Waals surface area contributed by atoms with E-state index in [-0.39, 0.29) is 0 Å². The molecule has 0 aliphatic heterocycles. The number of aromatic amines is 1. The van der Waals surface area contributed by atoms with E-state index in [1.54, 1.807) is 0 Å². The van der Waals surface area contributed by atoms with Crippen molar-refractivity contribution >= 4 is 11.6 Å². The van der Waals surface area contributed by atoms with Gasteiger partial charge in [0.2, 0.25) is 0 Å². The minimum absolute atomic E-state index is 0.560. The maximum Gasteiger partial charge on any atom is 0.100 e.